The molecule has 18 heavy (non-hydrogen) atoms. The fourth-order valence-corrected chi connectivity index (χ4v) is 2.47. The third-order valence-corrected chi connectivity index (χ3v) is 3.32. The van der Waals surface area contributed by atoms with Gasteiger partial charge in [0, 0.05) is 15.7 Å². The lowest BCUT2D eigenvalue weighted by Crippen LogP contribution is -2.03. The highest BCUT2D eigenvalue weighted by Gasteiger charge is 2.30. The molecule has 0 aliphatic heterocycles. The number of fused-ring (bicyclic) bond motifs is 1. The number of carbonyl (C=O) groups is 1. The van der Waals surface area contributed by atoms with Gasteiger partial charge in [-0.2, -0.15) is 13.2 Å². The summed E-state index contributed by atoms with van der Waals surface area (Å²) in [5.74, 6) is -1.09. The zero-order chi connectivity index (χ0) is 13.3. The quantitative estimate of drug-likeness (QED) is 0.838. The first-order valence-electron chi connectivity index (χ1n) is 4.88. The maximum atomic E-state index is 12.5. The summed E-state index contributed by atoms with van der Waals surface area (Å²) in [6.45, 7) is 0. The van der Waals surface area contributed by atoms with Crippen molar-refractivity contribution in [2.75, 3.05) is 0 Å². The van der Waals surface area contributed by atoms with Crippen LogP contribution in [0.3, 0.4) is 0 Å². The molecule has 1 N–H and O–H groups in total. The van der Waals surface area contributed by atoms with Gasteiger partial charge in [0.05, 0.1) is 5.56 Å². The Labute approximate surface area is 104 Å². The Kier molecular flexibility index (Phi) is 3.13. The van der Waals surface area contributed by atoms with Gasteiger partial charge in [-0.3, -0.25) is 0 Å². The maximum absolute atomic E-state index is 12.5. The first-order chi connectivity index (χ1) is 8.36. The molecule has 94 valence electrons. The molecule has 1 aromatic carbocycles. The molecule has 0 bridgehead atoms. The summed E-state index contributed by atoms with van der Waals surface area (Å²) >= 11 is 1.12. The number of rotatable bonds is 2. The van der Waals surface area contributed by atoms with Crippen LogP contribution >= 0.6 is 11.3 Å². The van der Waals surface area contributed by atoms with Crippen LogP contribution in [0.4, 0.5) is 13.2 Å². The second-order valence-corrected chi connectivity index (χ2v) is 4.69. The number of alkyl halides is 3. The summed E-state index contributed by atoms with van der Waals surface area (Å²) in [5, 5.41) is 9.13. The Hall–Kier alpha value is -1.82. The van der Waals surface area contributed by atoms with E-state index >= 15 is 0 Å². The minimum atomic E-state index is -4.37. The Morgan fingerprint density at radius 2 is 2.00 bits per heavy atom. The summed E-state index contributed by atoms with van der Waals surface area (Å²) in [6, 6.07) is 5.12. The van der Waals surface area contributed by atoms with E-state index in [9.17, 15) is 18.0 Å². The number of carboxylic acids is 1. The van der Waals surface area contributed by atoms with Crippen molar-refractivity contribution in [3.63, 3.8) is 0 Å². The molecule has 0 saturated carbocycles. The number of carboxylic acid groups (broad SMARTS) is 1. The Balaban J connectivity index is 2.43. The highest BCUT2D eigenvalue weighted by molar-refractivity contribution is 7.19. The third kappa shape index (κ3) is 2.70. The molecule has 0 atom stereocenters. The highest BCUT2D eigenvalue weighted by atomic mass is 32.1. The van der Waals surface area contributed by atoms with Gasteiger partial charge in [0.15, 0.2) is 0 Å². The minimum absolute atomic E-state index is 0.481. The normalized spacial score (nSPS) is 12.4. The number of thiophene rings is 1. The van der Waals surface area contributed by atoms with Gasteiger partial charge in [-0.1, -0.05) is 6.07 Å². The first kappa shape index (κ1) is 12.6. The highest BCUT2D eigenvalue weighted by Crippen LogP contribution is 2.34. The van der Waals surface area contributed by atoms with Crippen molar-refractivity contribution in [2.45, 2.75) is 6.18 Å². The van der Waals surface area contributed by atoms with Crippen LogP contribution in [0.1, 0.15) is 10.4 Å². The zero-order valence-electron chi connectivity index (χ0n) is 8.86. The van der Waals surface area contributed by atoms with Gasteiger partial charge in [0.25, 0.3) is 0 Å². The smallest absolute Gasteiger partial charge is 0.416 e. The van der Waals surface area contributed by atoms with Gasteiger partial charge in [-0.25, -0.2) is 4.79 Å². The van der Waals surface area contributed by atoms with E-state index in [1.165, 1.54) is 12.1 Å². The lowest BCUT2D eigenvalue weighted by molar-refractivity contribution is -0.137. The van der Waals surface area contributed by atoms with Crippen LogP contribution in [0.25, 0.3) is 16.2 Å². The first-order valence-corrected chi connectivity index (χ1v) is 5.70. The van der Waals surface area contributed by atoms with E-state index < -0.39 is 17.7 Å². The molecule has 0 aliphatic rings. The minimum Gasteiger partial charge on any atom is -0.478 e. The Morgan fingerprint density at radius 3 is 2.61 bits per heavy atom. The number of aliphatic carboxylic acids is 1. The predicted molar refractivity (Wildman–Crippen MR) is 63.5 cm³/mol. The molecule has 0 saturated heterocycles. The van der Waals surface area contributed by atoms with Crippen LogP contribution in [-0.4, -0.2) is 11.1 Å². The number of halogens is 3. The van der Waals surface area contributed by atoms with E-state index in [-0.39, 0.29) is 0 Å². The Bertz CT molecular complexity index is 626. The van der Waals surface area contributed by atoms with Gasteiger partial charge in [-0.15, -0.1) is 11.3 Å². The van der Waals surface area contributed by atoms with Crippen molar-refractivity contribution in [1.29, 1.82) is 0 Å². The number of hydrogen-bond acceptors (Lipinski definition) is 2. The fourth-order valence-electron chi connectivity index (χ4n) is 1.46. The van der Waals surface area contributed by atoms with Crippen molar-refractivity contribution in [3.05, 3.63) is 40.8 Å². The van der Waals surface area contributed by atoms with Crippen LogP contribution < -0.4 is 0 Å². The molecular weight excluding hydrogens is 265 g/mol. The fraction of sp³-hybridized carbons (Fsp3) is 0.0833. The van der Waals surface area contributed by atoms with Crippen LogP contribution in [0, 0.1) is 0 Å². The summed E-state index contributed by atoms with van der Waals surface area (Å²) < 4.78 is 37.9. The number of benzene rings is 1. The SMILES string of the molecule is O=C(O)/C=C/c1cc2ccc(C(F)(F)F)cc2s1. The maximum Gasteiger partial charge on any atom is 0.416 e. The van der Waals surface area contributed by atoms with Crippen molar-refractivity contribution >= 4 is 33.5 Å². The summed E-state index contributed by atoms with van der Waals surface area (Å²) in [6.07, 6.45) is -2.05. The van der Waals surface area contributed by atoms with E-state index in [0.717, 1.165) is 29.5 Å². The second-order valence-electron chi connectivity index (χ2n) is 3.57. The molecule has 0 radical (unpaired) electrons. The summed E-state index contributed by atoms with van der Waals surface area (Å²) in [5.41, 5.74) is -0.703. The second kappa shape index (κ2) is 4.45. The molecule has 0 aliphatic carbocycles. The largest absolute Gasteiger partial charge is 0.478 e. The van der Waals surface area contributed by atoms with Crippen molar-refractivity contribution in [1.82, 2.24) is 0 Å². The molecule has 1 heterocycles. The van der Waals surface area contributed by atoms with E-state index in [2.05, 4.69) is 0 Å². The molecule has 2 nitrogen and oxygen atoms in total. The molecule has 2 aromatic rings. The average Bonchev–Trinajstić information content (AvgIpc) is 2.66. The van der Waals surface area contributed by atoms with Crippen molar-refractivity contribution in [3.8, 4) is 0 Å². The van der Waals surface area contributed by atoms with E-state index in [1.807, 2.05) is 0 Å². The van der Waals surface area contributed by atoms with E-state index in [0.29, 0.717) is 15.0 Å². The van der Waals surface area contributed by atoms with Crippen molar-refractivity contribution in [2.24, 2.45) is 0 Å². The molecule has 6 heteroatoms. The van der Waals surface area contributed by atoms with Crippen LogP contribution in [0.15, 0.2) is 30.3 Å². The lowest BCUT2D eigenvalue weighted by atomic mass is 10.1. The molecular formula is C12H7F3O2S. The Morgan fingerprint density at radius 1 is 1.28 bits per heavy atom. The third-order valence-electron chi connectivity index (χ3n) is 2.26. The molecule has 0 amide bonds. The van der Waals surface area contributed by atoms with Crippen LogP contribution in [0.5, 0.6) is 0 Å². The summed E-state index contributed by atoms with van der Waals surface area (Å²) in [7, 11) is 0. The predicted octanol–water partition coefficient (Wildman–Crippen LogP) is 4.02. The lowest BCUT2D eigenvalue weighted by Gasteiger charge is -2.05. The average molecular weight is 272 g/mol. The van der Waals surface area contributed by atoms with Gasteiger partial charge in [0.2, 0.25) is 0 Å². The molecule has 0 unspecified atom stereocenters. The van der Waals surface area contributed by atoms with Gasteiger partial charge in [-0.05, 0) is 29.7 Å². The van der Waals surface area contributed by atoms with Gasteiger partial charge >= 0.3 is 12.1 Å². The molecule has 2 rings (SSSR count). The van der Waals surface area contributed by atoms with Crippen LogP contribution in [0.2, 0.25) is 0 Å². The topological polar surface area (TPSA) is 37.3 Å². The molecule has 0 spiro atoms. The van der Waals surface area contributed by atoms with Gasteiger partial charge < -0.3 is 5.11 Å². The van der Waals surface area contributed by atoms with E-state index in [4.69, 9.17) is 5.11 Å². The monoisotopic (exact) mass is 272 g/mol. The van der Waals surface area contributed by atoms with Crippen molar-refractivity contribution < 1.29 is 23.1 Å². The summed E-state index contributed by atoms with van der Waals surface area (Å²) in [4.78, 5) is 10.9. The molecule has 1 aromatic heterocycles. The molecule has 0 fully saturated rings. The standard InChI is InChI=1S/C12H7F3O2S/c13-12(14,15)8-2-1-7-5-9(3-4-11(16)17)18-10(7)6-8/h1-6H,(H,16,17)/b4-3+. The van der Waals surface area contributed by atoms with Crippen LogP contribution in [-0.2, 0) is 11.0 Å². The number of hydrogen-bond donors (Lipinski definition) is 1. The van der Waals surface area contributed by atoms with E-state index in [1.54, 1.807) is 6.07 Å². The zero-order valence-corrected chi connectivity index (χ0v) is 9.68. The van der Waals surface area contributed by atoms with Gasteiger partial charge in [0.1, 0.15) is 0 Å².